The first-order valence-corrected chi connectivity index (χ1v) is 7.25. The van der Waals surface area contributed by atoms with Crippen LogP contribution in [0.1, 0.15) is 39.7 Å². The van der Waals surface area contributed by atoms with Gasteiger partial charge in [-0.1, -0.05) is 0 Å². The van der Waals surface area contributed by atoms with Gasteiger partial charge in [0.1, 0.15) is 5.82 Å². The zero-order chi connectivity index (χ0) is 14.7. The highest BCUT2D eigenvalue weighted by Crippen LogP contribution is 2.16. The lowest BCUT2D eigenvalue weighted by atomic mass is 10.1. The molecule has 112 valence electrons. The summed E-state index contributed by atoms with van der Waals surface area (Å²) in [7, 11) is 0. The highest BCUT2D eigenvalue weighted by Gasteiger charge is 2.26. The van der Waals surface area contributed by atoms with Crippen molar-refractivity contribution in [2.45, 2.75) is 51.8 Å². The van der Waals surface area contributed by atoms with Gasteiger partial charge >= 0.3 is 0 Å². The molecule has 2 unspecified atom stereocenters. The van der Waals surface area contributed by atoms with Gasteiger partial charge in [-0.05, 0) is 40.2 Å². The predicted molar refractivity (Wildman–Crippen MR) is 77.5 cm³/mol. The first-order valence-electron chi connectivity index (χ1n) is 7.25. The average Bonchev–Trinajstić information content (AvgIpc) is 2.86. The number of aromatic nitrogens is 2. The molecule has 1 aromatic rings. The highest BCUT2D eigenvalue weighted by molar-refractivity contribution is 5.93. The van der Waals surface area contributed by atoms with Crippen LogP contribution in [0, 0.1) is 0 Å². The fourth-order valence-corrected chi connectivity index (χ4v) is 2.56. The molecular formula is C14H24N4O2. The minimum Gasteiger partial charge on any atom is -0.392 e. The molecule has 2 heterocycles. The van der Waals surface area contributed by atoms with E-state index in [4.69, 9.17) is 0 Å². The second-order valence-electron chi connectivity index (χ2n) is 5.71. The quantitative estimate of drug-likeness (QED) is 0.871. The van der Waals surface area contributed by atoms with E-state index >= 15 is 0 Å². The van der Waals surface area contributed by atoms with E-state index in [0.29, 0.717) is 6.54 Å². The van der Waals surface area contributed by atoms with Crippen LogP contribution in [0.15, 0.2) is 12.3 Å². The predicted octanol–water partition coefficient (Wildman–Crippen LogP) is 1.25. The van der Waals surface area contributed by atoms with Gasteiger partial charge in [-0.3, -0.25) is 9.69 Å². The molecule has 0 aromatic carbocycles. The fourth-order valence-electron chi connectivity index (χ4n) is 2.56. The van der Waals surface area contributed by atoms with E-state index in [1.165, 1.54) is 0 Å². The van der Waals surface area contributed by atoms with Crippen molar-refractivity contribution in [2.24, 2.45) is 0 Å². The molecule has 0 aliphatic carbocycles. The summed E-state index contributed by atoms with van der Waals surface area (Å²) in [4.78, 5) is 14.3. The summed E-state index contributed by atoms with van der Waals surface area (Å²) < 4.78 is 1.79. The number of carbonyl (C=O) groups excluding carboxylic acids is 1. The smallest absolute Gasteiger partial charge is 0.242 e. The number of anilines is 1. The molecule has 2 atom stereocenters. The number of likely N-dealkylation sites (tertiary alicyclic amines) is 1. The van der Waals surface area contributed by atoms with Gasteiger partial charge in [0.25, 0.3) is 0 Å². The maximum atomic E-state index is 12.3. The van der Waals surface area contributed by atoms with E-state index in [1.54, 1.807) is 16.9 Å². The molecule has 20 heavy (non-hydrogen) atoms. The second kappa shape index (κ2) is 6.37. The van der Waals surface area contributed by atoms with E-state index in [0.717, 1.165) is 25.2 Å². The number of hydrogen-bond donors (Lipinski definition) is 2. The van der Waals surface area contributed by atoms with Crippen molar-refractivity contribution >= 4 is 11.7 Å². The molecule has 1 aliphatic rings. The number of aliphatic hydroxyl groups is 1. The number of β-amino-alcohol motifs (C(OH)–C–C–N with tert-alkyl or cyclic N) is 1. The molecule has 2 rings (SSSR count). The Morgan fingerprint density at radius 1 is 1.50 bits per heavy atom. The van der Waals surface area contributed by atoms with Gasteiger partial charge in [-0.15, -0.1) is 0 Å². The number of piperidine rings is 1. The molecule has 1 amide bonds. The minimum absolute atomic E-state index is 0.0542. The zero-order valence-electron chi connectivity index (χ0n) is 12.4. The standard InChI is InChI=1S/C14H24N4O2/c1-10(2)18-13(6-7-15-18)16-14(20)11(3)17-8-4-5-12(19)9-17/h6-7,10-12,19H,4-5,8-9H2,1-3H3,(H,16,20). The Labute approximate surface area is 119 Å². The lowest BCUT2D eigenvalue weighted by molar-refractivity contribution is -0.121. The molecular weight excluding hydrogens is 256 g/mol. The summed E-state index contributed by atoms with van der Waals surface area (Å²) in [5.41, 5.74) is 0. The van der Waals surface area contributed by atoms with E-state index in [-0.39, 0.29) is 24.1 Å². The molecule has 6 heteroatoms. The summed E-state index contributed by atoms with van der Waals surface area (Å²) >= 11 is 0. The molecule has 0 radical (unpaired) electrons. The molecule has 1 aromatic heterocycles. The summed E-state index contributed by atoms with van der Waals surface area (Å²) in [5, 5.41) is 16.8. The van der Waals surface area contributed by atoms with Crippen molar-refractivity contribution < 1.29 is 9.90 Å². The monoisotopic (exact) mass is 280 g/mol. The minimum atomic E-state index is -0.319. The largest absolute Gasteiger partial charge is 0.392 e. The summed E-state index contributed by atoms with van der Waals surface area (Å²) in [6.45, 7) is 7.34. The Balaban J connectivity index is 1.98. The van der Waals surface area contributed by atoms with Crippen LogP contribution in [0.5, 0.6) is 0 Å². The number of nitrogens with zero attached hydrogens (tertiary/aromatic N) is 3. The number of amides is 1. The summed E-state index contributed by atoms with van der Waals surface area (Å²) in [6, 6.07) is 1.75. The van der Waals surface area contributed by atoms with E-state index in [1.807, 2.05) is 25.7 Å². The first-order chi connectivity index (χ1) is 9.49. The number of nitrogens with one attached hydrogen (secondary N) is 1. The third-order valence-corrected chi connectivity index (χ3v) is 3.77. The Bertz CT molecular complexity index is 458. The topological polar surface area (TPSA) is 70.4 Å². The van der Waals surface area contributed by atoms with E-state index in [2.05, 4.69) is 10.4 Å². The highest BCUT2D eigenvalue weighted by atomic mass is 16.3. The molecule has 1 aliphatic heterocycles. The van der Waals surface area contributed by atoms with Gasteiger partial charge in [-0.2, -0.15) is 5.10 Å². The molecule has 6 nitrogen and oxygen atoms in total. The van der Waals surface area contributed by atoms with Crippen LogP contribution in [0.2, 0.25) is 0 Å². The molecule has 2 N–H and O–H groups in total. The van der Waals surface area contributed by atoms with Crippen molar-refractivity contribution in [1.29, 1.82) is 0 Å². The summed E-state index contributed by atoms with van der Waals surface area (Å²) in [5.74, 6) is 0.663. The normalized spacial score (nSPS) is 21.9. The average molecular weight is 280 g/mol. The van der Waals surface area contributed by atoms with Gasteiger partial charge in [0, 0.05) is 18.7 Å². The van der Waals surface area contributed by atoms with Crippen LogP contribution in [0.3, 0.4) is 0 Å². The van der Waals surface area contributed by atoms with Gasteiger partial charge in [-0.25, -0.2) is 4.68 Å². The Morgan fingerprint density at radius 2 is 2.25 bits per heavy atom. The molecule has 0 bridgehead atoms. The van der Waals surface area contributed by atoms with Gasteiger partial charge in [0.2, 0.25) is 5.91 Å². The fraction of sp³-hybridized carbons (Fsp3) is 0.714. The van der Waals surface area contributed by atoms with Crippen molar-refractivity contribution in [2.75, 3.05) is 18.4 Å². The Kier molecular flexibility index (Phi) is 4.77. The van der Waals surface area contributed by atoms with Crippen LogP contribution < -0.4 is 5.32 Å². The number of hydrogen-bond acceptors (Lipinski definition) is 4. The number of aliphatic hydroxyl groups excluding tert-OH is 1. The van der Waals surface area contributed by atoms with Gasteiger partial charge in [0.15, 0.2) is 0 Å². The maximum absolute atomic E-state index is 12.3. The molecule has 1 saturated heterocycles. The second-order valence-corrected chi connectivity index (χ2v) is 5.71. The lowest BCUT2D eigenvalue weighted by Gasteiger charge is -2.34. The van der Waals surface area contributed by atoms with Crippen molar-refractivity contribution in [1.82, 2.24) is 14.7 Å². The van der Waals surface area contributed by atoms with Crippen molar-refractivity contribution in [3.8, 4) is 0 Å². The summed E-state index contributed by atoms with van der Waals surface area (Å²) in [6.07, 6.45) is 3.12. The van der Waals surface area contributed by atoms with Gasteiger partial charge in [0.05, 0.1) is 18.3 Å². The zero-order valence-corrected chi connectivity index (χ0v) is 12.4. The van der Waals surface area contributed by atoms with Crippen LogP contribution in [0.4, 0.5) is 5.82 Å². The van der Waals surface area contributed by atoms with Crippen LogP contribution in [0.25, 0.3) is 0 Å². The maximum Gasteiger partial charge on any atom is 0.242 e. The first kappa shape index (κ1) is 15.0. The SMILES string of the molecule is CC(C(=O)Nc1ccnn1C(C)C)N1CCCC(O)C1. The third-order valence-electron chi connectivity index (χ3n) is 3.77. The number of rotatable bonds is 4. The Morgan fingerprint density at radius 3 is 2.90 bits per heavy atom. The third kappa shape index (κ3) is 3.37. The van der Waals surface area contributed by atoms with Crippen LogP contribution in [-0.2, 0) is 4.79 Å². The van der Waals surface area contributed by atoms with E-state index in [9.17, 15) is 9.90 Å². The lowest BCUT2D eigenvalue weighted by Crippen LogP contribution is -2.48. The molecule has 0 spiro atoms. The molecule has 1 fully saturated rings. The molecule has 0 saturated carbocycles. The Hall–Kier alpha value is -1.40. The van der Waals surface area contributed by atoms with Gasteiger partial charge < -0.3 is 10.4 Å². The van der Waals surface area contributed by atoms with Crippen LogP contribution in [-0.4, -0.2) is 50.9 Å². The number of carbonyl (C=O) groups is 1. The van der Waals surface area contributed by atoms with Crippen molar-refractivity contribution in [3.05, 3.63) is 12.3 Å². The van der Waals surface area contributed by atoms with Crippen molar-refractivity contribution in [3.63, 3.8) is 0 Å². The van der Waals surface area contributed by atoms with E-state index < -0.39 is 0 Å². The van der Waals surface area contributed by atoms with Crippen LogP contribution >= 0.6 is 0 Å².